The van der Waals surface area contributed by atoms with E-state index < -0.39 is 10.0 Å². The third kappa shape index (κ3) is 4.68. The van der Waals surface area contributed by atoms with Gasteiger partial charge in [-0.3, -0.25) is 4.79 Å². The van der Waals surface area contributed by atoms with Crippen LogP contribution in [0.5, 0.6) is 0 Å². The Morgan fingerprint density at radius 3 is 2.56 bits per heavy atom. The molecule has 1 saturated heterocycles. The molecule has 8 heteroatoms. The van der Waals surface area contributed by atoms with E-state index in [1.165, 1.54) is 21.3 Å². The number of piperazine rings is 1. The van der Waals surface area contributed by atoms with Crippen LogP contribution in [0.4, 0.5) is 0 Å². The Labute approximate surface area is 164 Å². The molecule has 0 unspecified atom stereocenters. The van der Waals surface area contributed by atoms with E-state index >= 15 is 0 Å². The number of nitrogens with zero attached hydrogens (tertiary/aromatic N) is 1. The second-order valence-electron chi connectivity index (χ2n) is 6.66. The van der Waals surface area contributed by atoms with Gasteiger partial charge in [-0.1, -0.05) is 35.9 Å². The maximum Gasteiger partial charge on any atom is 0.251 e. The van der Waals surface area contributed by atoms with Crippen molar-refractivity contribution < 1.29 is 18.1 Å². The SMILES string of the molecule is C[NH+]1CCN(S(=O)(=O)c2cccc(C(=O)NCc3ccccc3Cl)c2)CC1. The zero-order valence-corrected chi connectivity index (χ0v) is 16.7. The molecule has 0 aliphatic carbocycles. The molecular weight excluding hydrogens is 386 g/mol. The molecule has 0 aromatic heterocycles. The highest BCUT2D eigenvalue weighted by Gasteiger charge is 2.29. The summed E-state index contributed by atoms with van der Waals surface area (Å²) in [5, 5.41) is 3.36. The van der Waals surface area contributed by atoms with Gasteiger partial charge in [0.25, 0.3) is 5.91 Å². The molecule has 2 aromatic carbocycles. The quantitative estimate of drug-likeness (QED) is 0.768. The van der Waals surface area contributed by atoms with Gasteiger partial charge in [-0.25, -0.2) is 8.42 Å². The number of hydrogen-bond acceptors (Lipinski definition) is 3. The molecule has 144 valence electrons. The Morgan fingerprint density at radius 1 is 1.15 bits per heavy atom. The van der Waals surface area contributed by atoms with Crippen molar-refractivity contribution >= 4 is 27.5 Å². The number of amides is 1. The minimum Gasteiger partial charge on any atom is -0.348 e. The van der Waals surface area contributed by atoms with E-state index in [9.17, 15) is 13.2 Å². The van der Waals surface area contributed by atoms with Gasteiger partial charge in [0.1, 0.15) is 0 Å². The molecule has 3 rings (SSSR count). The number of halogens is 1. The Balaban J connectivity index is 1.73. The van der Waals surface area contributed by atoms with Gasteiger partial charge in [0.05, 0.1) is 38.1 Å². The van der Waals surface area contributed by atoms with Crippen molar-refractivity contribution in [3.05, 3.63) is 64.7 Å². The van der Waals surface area contributed by atoms with Gasteiger partial charge >= 0.3 is 0 Å². The summed E-state index contributed by atoms with van der Waals surface area (Å²) in [6.45, 7) is 2.79. The van der Waals surface area contributed by atoms with Crippen LogP contribution in [-0.2, 0) is 16.6 Å². The molecule has 0 saturated carbocycles. The molecule has 1 heterocycles. The van der Waals surface area contributed by atoms with Crippen LogP contribution in [0.2, 0.25) is 5.02 Å². The van der Waals surface area contributed by atoms with Crippen molar-refractivity contribution in [2.45, 2.75) is 11.4 Å². The van der Waals surface area contributed by atoms with Crippen LogP contribution in [0.25, 0.3) is 0 Å². The van der Waals surface area contributed by atoms with E-state index in [4.69, 9.17) is 11.6 Å². The Hall–Kier alpha value is -1.93. The monoisotopic (exact) mass is 408 g/mol. The molecule has 1 amide bonds. The van der Waals surface area contributed by atoms with Crippen molar-refractivity contribution in [3.63, 3.8) is 0 Å². The van der Waals surface area contributed by atoms with Gasteiger partial charge in [0, 0.05) is 17.1 Å². The molecule has 0 atom stereocenters. The molecule has 0 radical (unpaired) electrons. The summed E-state index contributed by atoms with van der Waals surface area (Å²) in [6, 6.07) is 13.4. The lowest BCUT2D eigenvalue weighted by molar-refractivity contribution is -0.883. The highest BCUT2D eigenvalue weighted by Crippen LogP contribution is 2.18. The van der Waals surface area contributed by atoms with E-state index in [1.54, 1.807) is 18.2 Å². The third-order valence-corrected chi connectivity index (χ3v) is 6.97. The van der Waals surface area contributed by atoms with Crippen LogP contribution in [0.15, 0.2) is 53.4 Å². The van der Waals surface area contributed by atoms with Gasteiger partial charge in [0.2, 0.25) is 10.0 Å². The Bertz CT molecular complexity index is 925. The molecular formula is C19H23ClN3O3S+. The maximum atomic E-state index is 12.9. The van der Waals surface area contributed by atoms with Crippen LogP contribution in [0, 0.1) is 0 Å². The Kier molecular flexibility index (Phi) is 6.16. The first-order chi connectivity index (χ1) is 12.9. The molecule has 0 bridgehead atoms. The summed E-state index contributed by atoms with van der Waals surface area (Å²) in [5.74, 6) is -0.338. The van der Waals surface area contributed by atoms with Crippen molar-refractivity contribution in [3.8, 4) is 0 Å². The molecule has 0 spiro atoms. The maximum absolute atomic E-state index is 12.9. The fraction of sp³-hybridized carbons (Fsp3) is 0.316. The van der Waals surface area contributed by atoms with Gasteiger partial charge < -0.3 is 10.2 Å². The average Bonchev–Trinajstić information content (AvgIpc) is 2.67. The predicted molar refractivity (Wildman–Crippen MR) is 104 cm³/mol. The van der Waals surface area contributed by atoms with Gasteiger partial charge in [-0.2, -0.15) is 4.31 Å². The number of benzene rings is 2. The van der Waals surface area contributed by atoms with Crippen LogP contribution < -0.4 is 10.2 Å². The van der Waals surface area contributed by atoms with Crippen molar-refractivity contribution in [1.82, 2.24) is 9.62 Å². The van der Waals surface area contributed by atoms with Crippen molar-refractivity contribution in [1.29, 1.82) is 0 Å². The van der Waals surface area contributed by atoms with Crippen LogP contribution in [0.1, 0.15) is 15.9 Å². The van der Waals surface area contributed by atoms with Crippen LogP contribution >= 0.6 is 11.6 Å². The number of carbonyl (C=O) groups excluding carboxylic acids is 1. The minimum absolute atomic E-state index is 0.146. The van der Waals surface area contributed by atoms with E-state index in [-0.39, 0.29) is 17.3 Å². The number of nitrogens with one attached hydrogen (secondary N) is 2. The average molecular weight is 409 g/mol. The Morgan fingerprint density at radius 2 is 1.85 bits per heavy atom. The molecule has 27 heavy (non-hydrogen) atoms. The lowest BCUT2D eigenvalue weighted by Gasteiger charge is -2.29. The fourth-order valence-electron chi connectivity index (χ4n) is 2.97. The van der Waals surface area contributed by atoms with Gasteiger partial charge in [-0.05, 0) is 29.8 Å². The summed E-state index contributed by atoms with van der Waals surface area (Å²) in [5.41, 5.74) is 1.11. The summed E-state index contributed by atoms with van der Waals surface area (Å²) in [6.07, 6.45) is 0. The van der Waals surface area contributed by atoms with Gasteiger partial charge in [0.15, 0.2) is 0 Å². The molecule has 2 aromatic rings. The molecule has 2 N–H and O–H groups in total. The smallest absolute Gasteiger partial charge is 0.251 e. The van der Waals surface area contributed by atoms with Crippen molar-refractivity contribution in [2.75, 3.05) is 33.2 Å². The summed E-state index contributed by atoms with van der Waals surface area (Å²) in [7, 11) is -1.55. The first-order valence-electron chi connectivity index (χ1n) is 8.81. The van der Waals surface area contributed by atoms with Crippen LogP contribution in [0.3, 0.4) is 0 Å². The lowest BCUT2D eigenvalue weighted by Crippen LogP contribution is -3.12. The third-order valence-electron chi connectivity index (χ3n) is 4.71. The zero-order valence-electron chi connectivity index (χ0n) is 15.1. The number of hydrogen-bond donors (Lipinski definition) is 2. The second kappa shape index (κ2) is 8.39. The summed E-state index contributed by atoms with van der Waals surface area (Å²) in [4.78, 5) is 13.9. The number of rotatable bonds is 5. The second-order valence-corrected chi connectivity index (χ2v) is 9.01. The fourth-order valence-corrected chi connectivity index (χ4v) is 4.66. The number of carbonyl (C=O) groups is 1. The highest BCUT2D eigenvalue weighted by molar-refractivity contribution is 7.89. The van der Waals surface area contributed by atoms with E-state index in [0.29, 0.717) is 23.7 Å². The summed E-state index contributed by atoms with van der Waals surface area (Å²) >= 11 is 6.10. The minimum atomic E-state index is -3.60. The largest absolute Gasteiger partial charge is 0.348 e. The molecule has 6 nitrogen and oxygen atoms in total. The van der Waals surface area contributed by atoms with E-state index in [1.807, 2.05) is 25.2 Å². The standard InChI is InChI=1S/C19H22ClN3O3S/c1-22-9-11-23(12-10-22)27(25,26)17-7-4-6-15(13-17)19(24)21-14-16-5-2-3-8-18(16)20/h2-8,13H,9-12,14H2,1H3,(H,21,24)/p+1. The van der Waals surface area contributed by atoms with Gasteiger partial charge in [-0.15, -0.1) is 0 Å². The molecule has 1 aliphatic heterocycles. The lowest BCUT2D eigenvalue weighted by atomic mass is 10.2. The molecule has 1 aliphatic rings. The normalized spacial score (nSPS) is 16.2. The number of quaternary nitrogens is 1. The van der Waals surface area contributed by atoms with E-state index in [2.05, 4.69) is 5.32 Å². The zero-order chi connectivity index (χ0) is 19.4. The number of sulfonamides is 1. The van der Waals surface area contributed by atoms with Crippen molar-refractivity contribution in [2.24, 2.45) is 0 Å². The number of likely N-dealkylation sites (N-methyl/N-ethyl adjacent to an activating group) is 1. The first kappa shape index (κ1) is 19.8. The highest BCUT2D eigenvalue weighted by atomic mass is 35.5. The van der Waals surface area contributed by atoms with Crippen LogP contribution in [-0.4, -0.2) is 51.9 Å². The predicted octanol–water partition coefficient (Wildman–Crippen LogP) is 0.789. The summed E-state index contributed by atoms with van der Waals surface area (Å²) < 4.78 is 27.2. The topological polar surface area (TPSA) is 70.9 Å². The first-order valence-corrected chi connectivity index (χ1v) is 10.6. The van der Waals surface area contributed by atoms with E-state index in [0.717, 1.165) is 18.7 Å². The molecule has 1 fully saturated rings.